The number of hydrogen-bond donors (Lipinski definition) is 2. The summed E-state index contributed by atoms with van der Waals surface area (Å²) in [5, 5.41) is 0. The average molecular weight is 402 g/mol. The van der Waals surface area contributed by atoms with E-state index in [1.165, 1.54) is 18.2 Å². The normalized spacial score (nSPS) is 11.3. The van der Waals surface area contributed by atoms with Gasteiger partial charge in [-0.05, 0) is 43.5 Å². The molecule has 0 spiro atoms. The number of hydrogen-bond acceptors (Lipinski definition) is 4. The molecule has 0 unspecified atom stereocenters. The maximum Gasteiger partial charge on any atom is 0.284 e. The summed E-state index contributed by atoms with van der Waals surface area (Å²) >= 11 is 0. The topological polar surface area (TPSA) is 67.7 Å². The Morgan fingerprint density at radius 3 is 2.59 bits per heavy atom. The van der Waals surface area contributed by atoms with Crippen molar-refractivity contribution in [2.75, 3.05) is 6.54 Å². The zero-order valence-electron chi connectivity index (χ0n) is 16.8. The largest absolute Gasteiger partial charge is 0.485 e. The summed E-state index contributed by atoms with van der Waals surface area (Å²) in [6.45, 7) is 7.96. The van der Waals surface area contributed by atoms with E-state index in [9.17, 15) is 13.6 Å². The molecule has 154 valence electrons. The van der Waals surface area contributed by atoms with Gasteiger partial charge < -0.3 is 4.74 Å². The maximum atomic E-state index is 13.9. The molecule has 1 amide bonds. The number of amides is 1. The van der Waals surface area contributed by atoms with Crippen LogP contribution in [0.3, 0.4) is 0 Å². The fourth-order valence-electron chi connectivity index (χ4n) is 2.95. The second kappa shape index (κ2) is 8.57. The van der Waals surface area contributed by atoms with E-state index in [2.05, 4.69) is 15.8 Å². The van der Waals surface area contributed by atoms with Gasteiger partial charge in [-0.1, -0.05) is 19.9 Å². The number of aryl methyl sites for hydroxylation is 2. The highest BCUT2D eigenvalue weighted by Gasteiger charge is 2.20. The van der Waals surface area contributed by atoms with Crippen LogP contribution in [0.15, 0.2) is 30.5 Å². The van der Waals surface area contributed by atoms with Crippen molar-refractivity contribution in [2.24, 2.45) is 5.92 Å². The van der Waals surface area contributed by atoms with Gasteiger partial charge in [0.25, 0.3) is 5.91 Å². The van der Waals surface area contributed by atoms with Crippen molar-refractivity contribution in [2.45, 2.75) is 34.3 Å². The summed E-state index contributed by atoms with van der Waals surface area (Å²) in [4.78, 5) is 17.1. The van der Waals surface area contributed by atoms with E-state index in [4.69, 9.17) is 4.74 Å². The fraction of sp³-hybridized carbons (Fsp3) is 0.333. The van der Waals surface area contributed by atoms with E-state index in [1.54, 1.807) is 23.6 Å². The van der Waals surface area contributed by atoms with Crippen molar-refractivity contribution in [1.82, 2.24) is 20.2 Å². The number of pyridine rings is 1. The first-order chi connectivity index (χ1) is 13.8. The molecule has 2 heterocycles. The van der Waals surface area contributed by atoms with Crippen LogP contribution in [0.2, 0.25) is 0 Å². The molecule has 2 N–H and O–H groups in total. The van der Waals surface area contributed by atoms with Crippen molar-refractivity contribution < 1.29 is 18.3 Å². The van der Waals surface area contributed by atoms with E-state index >= 15 is 0 Å². The van der Waals surface area contributed by atoms with Crippen LogP contribution in [0.25, 0.3) is 5.65 Å². The van der Waals surface area contributed by atoms with Gasteiger partial charge in [-0.15, -0.1) is 0 Å². The van der Waals surface area contributed by atoms with Crippen LogP contribution >= 0.6 is 0 Å². The highest BCUT2D eigenvalue weighted by molar-refractivity contribution is 5.94. The molecule has 6 nitrogen and oxygen atoms in total. The van der Waals surface area contributed by atoms with Gasteiger partial charge in [-0.2, -0.15) is 0 Å². The molecule has 0 radical (unpaired) electrons. The number of rotatable bonds is 7. The second-order valence-electron chi connectivity index (χ2n) is 7.34. The van der Waals surface area contributed by atoms with Crippen LogP contribution < -0.4 is 15.6 Å². The highest BCUT2D eigenvalue weighted by atomic mass is 19.1. The maximum absolute atomic E-state index is 13.9. The molecule has 3 rings (SSSR count). The molecule has 0 bridgehead atoms. The third-order valence-electron chi connectivity index (χ3n) is 4.36. The standard InChI is InChI=1S/C21H24F2N4O2/c1-12(2)9-24-26-21(28)19-14(4)25-20-18(8-13(3)10-27(19)20)29-11-15-16(22)6-5-7-17(15)23/h5-8,10,12,24H,9,11H2,1-4H3,(H,26,28). The molecule has 0 atom stereocenters. The first-order valence-electron chi connectivity index (χ1n) is 9.36. The SMILES string of the molecule is Cc1cc(OCc2c(F)cccc2F)c2nc(C)c(C(=O)NNCC(C)C)n2c1. The smallest absolute Gasteiger partial charge is 0.284 e. The Hall–Kier alpha value is -3.00. The highest BCUT2D eigenvalue weighted by Crippen LogP contribution is 2.25. The molecule has 0 saturated heterocycles. The number of aromatic nitrogens is 2. The summed E-state index contributed by atoms with van der Waals surface area (Å²) < 4.78 is 35.1. The quantitative estimate of drug-likeness (QED) is 0.592. The zero-order valence-corrected chi connectivity index (χ0v) is 16.8. The molecule has 0 saturated carbocycles. The van der Waals surface area contributed by atoms with E-state index in [-0.39, 0.29) is 18.1 Å². The summed E-state index contributed by atoms with van der Waals surface area (Å²) in [5.74, 6) is -0.967. The fourth-order valence-corrected chi connectivity index (χ4v) is 2.95. The summed E-state index contributed by atoms with van der Waals surface area (Å²) in [7, 11) is 0. The Labute approximate surface area is 167 Å². The van der Waals surface area contributed by atoms with Gasteiger partial charge in [0.15, 0.2) is 11.4 Å². The van der Waals surface area contributed by atoms with Gasteiger partial charge in [-0.3, -0.25) is 14.6 Å². The summed E-state index contributed by atoms with van der Waals surface area (Å²) in [5.41, 5.74) is 7.50. The van der Waals surface area contributed by atoms with E-state index in [0.717, 1.165) is 5.56 Å². The molecule has 1 aromatic carbocycles. The van der Waals surface area contributed by atoms with Gasteiger partial charge in [0.2, 0.25) is 0 Å². The number of carbonyl (C=O) groups excluding carboxylic acids is 1. The number of nitrogens with one attached hydrogen (secondary N) is 2. The molecule has 2 aromatic heterocycles. The van der Waals surface area contributed by atoms with Gasteiger partial charge in [-0.25, -0.2) is 19.2 Å². The summed E-state index contributed by atoms with van der Waals surface area (Å²) in [6, 6.07) is 5.38. The number of hydrazine groups is 1. The Morgan fingerprint density at radius 1 is 1.24 bits per heavy atom. The number of nitrogens with zero attached hydrogens (tertiary/aromatic N) is 2. The molecular formula is C21H24F2N4O2. The van der Waals surface area contributed by atoms with Crippen LogP contribution in [0.5, 0.6) is 5.75 Å². The number of halogens is 2. The average Bonchev–Trinajstić information content (AvgIpc) is 2.96. The van der Waals surface area contributed by atoms with Crippen LogP contribution in [0.1, 0.15) is 41.2 Å². The molecule has 0 aliphatic heterocycles. The second-order valence-corrected chi connectivity index (χ2v) is 7.34. The minimum atomic E-state index is -0.676. The van der Waals surface area contributed by atoms with Crippen molar-refractivity contribution >= 4 is 11.6 Å². The van der Waals surface area contributed by atoms with Crippen molar-refractivity contribution in [3.05, 3.63) is 64.6 Å². The molecule has 3 aromatic rings. The molecule has 0 aliphatic rings. The van der Waals surface area contributed by atoms with Gasteiger partial charge in [0.05, 0.1) is 11.3 Å². The lowest BCUT2D eigenvalue weighted by molar-refractivity contribution is 0.0925. The zero-order chi connectivity index (χ0) is 21.1. The van der Waals surface area contributed by atoms with Crippen LogP contribution in [-0.4, -0.2) is 21.8 Å². The number of imidazole rings is 1. The predicted molar refractivity (Wildman–Crippen MR) is 106 cm³/mol. The molecular weight excluding hydrogens is 378 g/mol. The van der Waals surface area contributed by atoms with Crippen molar-refractivity contribution in [3.8, 4) is 5.75 Å². The van der Waals surface area contributed by atoms with Crippen molar-refractivity contribution in [1.29, 1.82) is 0 Å². The first kappa shape index (κ1) is 20.7. The van der Waals surface area contributed by atoms with Gasteiger partial charge >= 0.3 is 0 Å². The lowest BCUT2D eigenvalue weighted by Gasteiger charge is -2.12. The van der Waals surface area contributed by atoms with Crippen molar-refractivity contribution in [3.63, 3.8) is 0 Å². The third kappa shape index (κ3) is 4.54. The molecule has 0 aliphatic carbocycles. The first-order valence-corrected chi connectivity index (χ1v) is 9.36. The van der Waals surface area contributed by atoms with Crippen LogP contribution in [0, 0.1) is 31.4 Å². The Morgan fingerprint density at radius 2 is 1.93 bits per heavy atom. The Balaban J connectivity index is 1.91. The molecule has 29 heavy (non-hydrogen) atoms. The number of carbonyl (C=O) groups is 1. The minimum Gasteiger partial charge on any atom is -0.485 e. The lowest BCUT2D eigenvalue weighted by Crippen LogP contribution is -2.40. The van der Waals surface area contributed by atoms with Crippen LogP contribution in [-0.2, 0) is 6.61 Å². The van der Waals surface area contributed by atoms with E-state index in [1.807, 2.05) is 20.8 Å². The monoisotopic (exact) mass is 402 g/mol. The number of fused-ring (bicyclic) bond motifs is 1. The Bertz CT molecular complexity index is 1030. The molecule has 0 fully saturated rings. The van der Waals surface area contributed by atoms with E-state index < -0.39 is 11.6 Å². The van der Waals surface area contributed by atoms with E-state index in [0.29, 0.717) is 35.2 Å². The Kier molecular flexibility index (Phi) is 6.12. The van der Waals surface area contributed by atoms with Crippen LogP contribution in [0.4, 0.5) is 8.78 Å². The lowest BCUT2D eigenvalue weighted by atomic mass is 10.2. The minimum absolute atomic E-state index is 0.161. The van der Waals surface area contributed by atoms with Gasteiger partial charge in [0.1, 0.15) is 23.9 Å². The predicted octanol–water partition coefficient (Wildman–Crippen LogP) is 3.70. The van der Waals surface area contributed by atoms with Gasteiger partial charge in [0, 0.05) is 12.7 Å². The number of benzene rings is 1. The summed E-state index contributed by atoms with van der Waals surface area (Å²) in [6.07, 6.45) is 1.77. The third-order valence-corrected chi connectivity index (χ3v) is 4.36. The molecule has 8 heteroatoms. The number of ether oxygens (including phenoxy) is 1.